The second kappa shape index (κ2) is 7.04. The van der Waals surface area contributed by atoms with E-state index in [-0.39, 0.29) is 17.9 Å². The SMILES string of the molecule is CC(C)C(NC(=O)c1ccccn1)c1nc(-c2ccccc2)no1. The van der Waals surface area contributed by atoms with Crippen molar-refractivity contribution in [3.63, 3.8) is 0 Å². The molecule has 6 heteroatoms. The van der Waals surface area contributed by atoms with Gasteiger partial charge in [0.1, 0.15) is 11.7 Å². The number of carbonyl (C=O) groups excluding carboxylic acids is 1. The van der Waals surface area contributed by atoms with Gasteiger partial charge < -0.3 is 9.84 Å². The summed E-state index contributed by atoms with van der Waals surface area (Å²) in [6.45, 7) is 3.96. The van der Waals surface area contributed by atoms with E-state index in [1.807, 2.05) is 44.2 Å². The lowest BCUT2D eigenvalue weighted by Gasteiger charge is -2.18. The molecule has 2 heterocycles. The highest BCUT2D eigenvalue weighted by Gasteiger charge is 2.25. The van der Waals surface area contributed by atoms with Crippen LogP contribution in [0.3, 0.4) is 0 Å². The van der Waals surface area contributed by atoms with Crippen molar-refractivity contribution in [3.05, 3.63) is 66.3 Å². The average molecular weight is 322 g/mol. The molecule has 0 aliphatic rings. The number of amides is 1. The van der Waals surface area contributed by atoms with E-state index in [0.29, 0.717) is 17.4 Å². The maximum absolute atomic E-state index is 12.3. The largest absolute Gasteiger partial charge is 0.339 e. The van der Waals surface area contributed by atoms with E-state index >= 15 is 0 Å². The molecule has 0 fully saturated rings. The van der Waals surface area contributed by atoms with Crippen molar-refractivity contribution in [1.82, 2.24) is 20.4 Å². The summed E-state index contributed by atoms with van der Waals surface area (Å²) in [5.74, 6) is 0.701. The van der Waals surface area contributed by atoms with Gasteiger partial charge in [-0.25, -0.2) is 0 Å². The van der Waals surface area contributed by atoms with E-state index < -0.39 is 0 Å². The van der Waals surface area contributed by atoms with Gasteiger partial charge in [-0.3, -0.25) is 9.78 Å². The number of nitrogens with zero attached hydrogens (tertiary/aromatic N) is 3. The molecule has 3 aromatic rings. The molecule has 1 unspecified atom stereocenters. The van der Waals surface area contributed by atoms with E-state index in [1.165, 1.54) is 0 Å². The van der Waals surface area contributed by atoms with Gasteiger partial charge in [0.05, 0.1) is 0 Å². The number of hydrogen-bond acceptors (Lipinski definition) is 5. The van der Waals surface area contributed by atoms with Crippen LogP contribution in [-0.2, 0) is 0 Å². The molecular weight excluding hydrogens is 304 g/mol. The van der Waals surface area contributed by atoms with Crippen molar-refractivity contribution in [2.75, 3.05) is 0 Å². The number of nitrogens with one attached hydrogen (secondary N) is 1. The van der Waals surface area contributed by atoms with Crippen molar-refractivity contribution >= 4 is 5.91 Å². The third kappa shape index (κ3) is 3.48. The summed E-state index contributed by atoms with van der Waals surface area (Å²) in [5, 5.41) is 6.93. The molecule has 1 atom stereocenters. The second-order valence-corrected chi connectivity index (χ2v) is 5.73. The zero-order chi connectivity index (χ0) is 16.9. The van der Waals surface area contributed by atoms with Crippen molar-refractivity contribution in [1.29, 1.82) is 0 Å². The molecule has 0 radical (unpaired) electrons. The first-order chi connectivity index (χ1) is 11.6. The molecular formula is C18H18N4O2. The summed E-state index contributed by atoms with van der Waals surface area (Å²) in [4.78, 5) is 20.8. The van der Waals surface area contributed by atoms with Gasteiger partial charge >= 0.3 is 0 Å². The molecule has 1 amide bonds. The lowest BCUT2D eigenvalue weighted by atomic mass is 10.0. The first kappa shape index (κ1) is 15.9. The summed E-state index contributed by atoms with van der Waals surface area (Å²) >= 11 is 0. The molecule has 2 aromatic heterocycles. The van der Waals surface area contributed by atoms with Crippen LogP contribution in [0.2, 0.25) is 0 Å². The van der Waals surface area contributed by atoms with Crippen LogP contribution in [0.25, 0.3) is 11.4 Å². The summed E-state index contributed by atoms with van der Waals surface area (Å²) in [6.07, 6.45) is 1.58. The Bertz CT molecular complexity index is 800. The smallest absolute Gasteiger partial charge is 0.270 e. The molecule has 0 saturated heterocycles. The Morgan fingerprint density at radius 1 is 1.08 bits per heavy atom. The molecule has 24 heavy (non-hydrogen) atoms. The minimum Gasteiger partial charge on any atom is -0.339 e. The Kier molecular flexibility index (Phi) is 4.65. The van der Waals surface area contributed by atoms with Crippen LogP contribution >= 0.6 is 0 Å². The van der Waals surface area contributed by atoms with Gasteiger partial charge in [0, 0.05) is 11.8 Å². The minimum absolute atomic E-state index is 0.0849. The van der Waals surface area contributed by atoms with Gasteiger partial charge in [0.25, 0.3) is 5.91 Å². The van der Waals surface area contributed by atoms with Crippen molar-refractivity contribution in [2.45, 2.75) is 19.9 Å². The second-order valence-electron chi connectivity index (χ2n) is 5.73. The Balaban J connectivity index is 1.82. The van der Waals surface area contributed by atoms with Crippen molar-refractivity contribution in [3.8, 4) is 11.4 Å². The van der Waals surface area contributed by atoms with Crippen LogP contribution in [0.4, 0.5) is 0 Å². The van der Waals surface area contributed by atoms with Gasteiger partial charge in [-0.2, -0.15) is 4.98 Å². The van der Waals surface area contributed by atoms with Gasteiger partial charge in [0.2, 0.25) is 11.7 Å². The van der Waals surface area contributed by atoms with Crippen molar-refractivity contribution < 1.29 is 9.32 Å². The number of aromatic nitrogens is 3. The van der Waals surface area contributed by atoms with Crippen LogP contribution in [-0.4, -0.2) is 21.0 Å². The average Bonchev–Trinajstić information content (AvgIpc) is 3.10. The minimum atomic E-state index is -0.385. The van der Waals surface area contributed by atoms with Crippen LogP contribution in [0, 0.1) is 5.92 Å². The lowest BCUT2D eigenvalue weighted by molar-refractivity contribution is 0.0909. The van der Waals surface area contributed by atoms with Crippen LogP contribution in [0.5, 0.6) is 0 Å². The van der Waals surface area contributed by atoms with E-state index in [0.717, 1.165) is 5.56 Å². The Morgan fingerprint density at radius 3 is 2.50 bits per heavy atom. The highest BCUT2D eigenvalue weighted by atomic mass is 16.5. The monoisotopic (exact) mass is 322 g/mol. The first-order valence-electron chi connectivity index (χ1n) is 7.76. The van der Waals surface area contributed by atoms with E-state index in [1.54, 1.807) is 24.4 Å². The zero-order valence-electron chi connectivity index (χ0n) is 13.5. The first-order valence-corrected chi connectivity index (χ1v) is 7.76. The topological polar surface area (TPSA) is 80.9 Å². The van der Waals surface area contributed by atoms with E-state index in [2.05, 4.69) is 20.4 Å². The molecule has 0 saturated carbocycles. The number of benzene rings is 1. The molecule has 1 N–H and O–H groups in total. The van der Waals surface area contributed by atoms with Gasteiger partial charge in [-0.1, -0.05) is 55.4 Å². The molecule has 3 rings (SSSR count). The van der Waals surface area contributed by atoms with Gasteiger partial charge in [-0.15, -0.1) is 0 Å². The summed E-state index contributed by atoms with van der Waals surface area (Å²) < 4.78 is 5.38. The highest BCUT2D eigenvalue weighted by molar-refractivity contribution is 5.92. The maximum Gasteiger partial charge on any atom is 0.270 e. The van der Waals surface area contributed by atoms with Crippen LogP contribution in [0.1, 0.15) is 36.3 Å². The van der Waals surface area contributed by atoms with E-state index in [4.69, 9.17) is 4.52 Å². The summed E-state index contributed by atoms with van der Waals surface area (Å²) in [7, 11) is 0. The maximum atomic E-state index is 12.3. The quantitative estimate of drug-likeness (QED) is 0.780. The third-order valence-electron chi connectivity index (χ3n) is 3.59. The van der Waals surface area contributed by atoms with Crippen LogP contribution < -0.4 is 5.32 Å². The predicted molar refractivity (Wildman–Crippen MR) is 89.0 cm³/mol. The predicted octanol–water partition coefficient (Wildman–Crippen LogP) is 3.26. The van der Waals surface area contributed by atoms with Crippen LogP contribution in [0.15, 0.2) is 59.3 Å². The Morgan fingerprint density at radius 2 is 1.83 bits per heavy atom. The fourth-order valence-corrected chi connectivity index (χ4v) is 2.29. The Hall–Kier alpha value is -3.02. The highest BCUT2D eigenvalue weighted by Crippen LogP contribution is 2.23. The fourth-order valence-electron chi connectivity index (χ4n) is 2.29. The normalized spacial score (nSPS) is 12.1. The molecule has 0 bridgehead atoms. The molecule has 0 aliphatic heterocycles. The number of carbonyl (C=O) groups is 1. The third-order valence-corrected chi connectivity index (χ3v) is 3.59. The summed E-state index contributed by atoms with van der Waals surface area (Å²) in [6, 6.07) is 14.4. The molecule has 0 spiro atoms. The Labute approximate surface area is 139 Å². The van der Waals surface area contributed by atoms with E-state index in [9.17, 15) is 4.79 Å². The fraction of sp³-hybridized carbons (Fsp3) is 0.222. The van der Waals surface area contributed by atoms with Gasteiger partial charge in [0.15, 0.2) is 0 Å². The number of hydrogen-bond donors (Lipinski definition) is 1. The van der Waals surface area contributed by atoms with Crippen molar-refractivity contribution in [2.24, 2.45) is 5.92 Å². The standard InChI is InChI=1S/C18H18N4O2/c1-12(2)15(20-17(23)14-10-6-7-11-19-14)18-21-16(22-24-18)13-8-4-3-5-9-13/h3-12,15H,1-2H3,(H,20,23). The molecule has 0 aliphatic carbocycles. The summed E-state index contributed by atoms with van der Waals surface area (Å²) in [5.41, 5.74) is 1.22. The van der Waals surface area contributed by atoms with Gasteiger partial charge in [-0.05, 0) is 18.1 Å². The zero-order valence-corrected chi connectivity index (χ0v) is 13.5. The molecule has 122 valence electrons. The number of pyridine rings is 1. The molecule has 6 nitrogen and oxygen atoms in total. The number of rotatable bonds is 5. The lowest BCUT2D eigenvalue weighted by Crippen LogP contribution is -2.32. The molecule has 1 aromatic carbocycles.